The maximum atomic E-state index is 5.89. The molecule has 0 amide bonds. The van der Waals surface area contributed by atoms with Gasteiger partial charge in [0.15, 0.2) is 0 Å². The Morgan fingerprint density at radius 3 is 2.37 bits per heavy atom. The third-order valence-corrected chi connectivity index (χ3v) is 3.16. The van der Waals surface area contributed by atoms with Crippen molar-refractivity contribution in [3.63, 3.8) is 0 Å². The third kappa shape index (κ3) is 4.73. The van der Waals surface area contributed by atoms with Crippen molar-refractivity contribution in [2.75, 3.05) is 0 Å². The molecule has 1 N–H and O–H groups in total. The standard InChI is InChI=1S/C16H21ClN2/c1-16(2,3)18-10-14-8-9-19(12-14)11-13-4-6-15(17)7-5-13/h4-9,12,18H,10-11H2,1-3H3. The van der Waals surface area contributed by atoms with Crippen LogP contribution in [0.2, 0.25) is 5.02 Å². The Labute approximate surface area is 120 Å². The molecule has 102 valence electrons. The molecule has 1 heterocycles. The van der Waals surface area contributed by atoms with Gasteiger partial charge in [0.25, 0.3) is 0 Å². The highest BCUT2D eigenvalue weighted by Gasteiger charge is 2.08. The first-order valence-electron chi connectivity index (χ1n) is 6.56. The van der Waals surface area contributed by atoms with Gasteiger partial charge in [-0.2, -0.15) is 0 Å². The van der Waals surface area contributed by atoms with Gasteiger partial charge in [-0.1, -0.05) is 23.7 Å². The molecule has 2 nitrogen and oxygen atoms in total. The van der Waals surface area contributed by atoms with Gasteiger partial charge in [-0.15, -0.1) is 0 Å². The fraction of sp³-hybridized carbons (Fsp3) is 0.375. The summed E-state index contributed by atoms with van der Waals surface area (Å²) < 4.78 is 2.20. The maximum absolute atomic E-state index is 5.89. The molecule has 2 aromatic rings. The smallest absolute Gasteiger partial charge is 0.0470 e. The lowest BCUT2D eigenvalue weighted by atomic mass is 10.1. The Balaban J connectivity index is 1.95. The lowest BCUT2D eigenvalue weighted by Crippen LogP contribution is -2.34. The predicted octanol–water partition coefficient (Wildman–Crippen LogP) is 4.08. The summed E-state index contributed by atoms with van der Waals surface area (Å²) in [5.41, 5.74) is 2.72. The Morgan fingerprint density at radius 1 is 1.05 bits per heavy atom. The Bertz CT molecular complexity index is 520. The van der Waals surface area contributed by atoms with Crippen LogP contribution < -0.4 is 5.32 Å². The van der Waals surface area contributed by atoms with Crippen LogP contribution in [0, 0.1) is 0 Å². The molecule has 0 saturated carbocycles. The largest absolute Gasteiger partial charge is 0.350 e. The van der Waals surface area contributed by atoms with Crippen molar-refractivity contribution in [1.29, 1.82) is 0 Å². The van der Waals surface area contributed by atoms with E-state index in [1.807, 2.05) is 12.1 Å². The van der Waals surface area contributed by atoms with Crippen molar-refractivity contribution in [2.24, 2.45) is 0 Å². The average Bonchev–Trinajstić information content (AvgIpc) is 2.77. The summed E-state index contributed by atoms with van der Waals surface area (Å²) in [5.74, 6) is 0. The normalized spacial score (nSPS) is 11.8. The van der Waals surface area contributed by atoms with E-state index in [1.54, 1.807) is 0 Å². The van der Waals surface area contributed by atoms with Gasteiger partial charge in [0.2, 0.25) is 0 Å². The van der Waals surface area contributed by atoms with E-state index in [-0.39, 0.29) is 5.54 Å². The summed E-state index contributed by atoms with van der Waals surface area (Å²) in [6.45, 7) is 8.32. The molecule has 3 heteroatoms. The minimum Gasteiger partial charge on any atom is -0.350 e. The number of hydrogen-bond acceptors (Lipinski definition) is 1. The van der Waals surface area contributed by atoms with Crippen LogP contribution in [0.4, 0.5) is 0 Å². The first kappa shape index (κ1) is 14.2. The van der Waals surface area contributed by atoms with Gasteiger partial charge < -0.3 is 9.88 Å². The molecule has 0 spiro atoms. The lowest BCUT2D eigenvalue weighted by molar-refractivity contribution is 0.424. The van der Waals surface area contributed by atoms with E-state index in [2.05, 4.69) is 61.2 Å². The quantitative estimate of drug-likeness (QED) is 0.890. The summed E-state index contributed by atoms with van der Waals surface area (Å²) in [7, 11) is 0. The van der Waals surface area contributed by atoms with E-state index >= 15 is 0 Å². The Morgan fingerprint density at radius 2 is 1.74 bits per heavy atom. The van der Waals surface area contributed by atoms with E-state index in [0.717, 1.165) is 18.1 Å². The van der Waals surface area contributed by atoms with Crippen LogP contribution in [0.25, 0.3) is 0 Å². The molecule has 0 atom stereocenters. The predicted molar refractivity (Wildman–Crippen MR) is 81.6 cm³/mol. The maximum Gasteiger partial charge on any atom is 0.0470 e. The summed E-state index contributed by atoms with van der Waals surface area (Å²) in [4.78, 5) is 0. The lowest BCUT2D eigenvalue weighted by Gasteiger charge is -2.19. The molecule has 0 radical (unpaired) electrons. The second-order valence-electron chi connectivity index (χ2n) is 5.92. The van der Waals surface area contributed by atoms with Crippen LogP contribution in [0.3, 0.4) is 0 Å². The second-order valence-corrected chi connectivity index (χ2v) is 6.36. The van der Waals surface area contributed by atoms with Crippen molar-refractivity contribution in [3.05, 3.63) is 58.9 Å². The van der Waals surface area contributed by atoms with E-state index in [4.69, 9.17) is 11.6 Å². The van der Waals surface area contributed by atoms with E-state index in [1.165, 1.54) is 11.1 Å². The topological polar surface area (TPSA) is 17.0 Å². The zero-order valence-corrected chi connectivity index (χ0v) is 12.5. The molecule has 0 saturated heterocycles. The molecule has 1 aromatic heterocycles. The number of rotatable bonds is 4. The van der Waals surface area contributed by atoms with Gasteiger partial charge in [-0.05, 0) is 50.1 Å². The number of benzene rings is 1. The molecule has 0 bridgehead atoms. The zero-order chi connectivity index (χ0) is 13.9. The highest BCUT2D eigenvalue weighted by molar-refractivity contribution is 6.30. The van der Waals surface area contributed by atoms with Crippen LogP contribution in [0.5, 0.6) is 0 Å². The molecular weight excluding hydrogens is 256 g/mol. The molecule has 2 rings (SSSR count). The fourth-order valence-corrected chi connectivity index (χ4v) is 1.99. The number of nitrogens with zero attached hydrogens (tertiary/aromatic N) is 1. The third-order valence-electron chi connectivity index (χ3n) is 2.91. The highest BCUT2D eigenvalue weighted by atomic mass is 35.5. The number of nitrogens with one attached hydrogen (secondary N) is 1. The van der Waals surface area contributed by atoms with Crippen molar-refractivity contribution < 1.29 is 0 Å². The van der Waals surface area contributed by atoms with Crippen LogP contribution in [0.15, 0.2) is 42.7 Å². The van der Waals surface area contributed by atoms with Crippen molar-refractivity contribution in [2.45, 2.75) is 39.4 Å². The van der Waals surface area contributed by atoms with Gasteiger partial charge >= 0.3 is 0 Å². The van der Waals surface area contributed by atoms with E-state index in [0.29, 0.717) is 0 Å². The Kier molecular flexibility index (Phi) is 4.33. The monoisotopic (exact) mass is 276 g/mol. The van der Waals surface area contributed by atoms with E-state index < -0.39 is 0 Å². The van der Waals surface area contributed by atoms with Crippen LogP contribution in [-0.2, 0) is 13.1 Å². The molecule has 19 heavy (non-hydrogen) atoms. The summed E-state index contributed by atoms with van der Waals surface area (Å²) in [6.07, 6.45) is 4.31. The zero-order valence-electron chi connectivity index (χ0n) is 11.8. The van der Waals surface area contributed by atoms with Gasteiger partial charge in [-0.3, -0.25) is 0 Å². The van der Waals surface area contributed by atoms with Crippen molar-refractivity contribution in [1.82, 2.24) is 9.88 Å². The average molecular weight is 277 g/mol. The summed E-state index contributed by atoms with van der Waals surface area (Å²) in [5, 5.41) is 4.28. The van der Waals surface area contributed by atoms with Crippen molar-refractivity contribution >= 4 is 11.6 Å². The molecule has 0 aliphatic heterocycles. The molecule has 0 aliphatic carbocycles. The van der Waals surface area contributed by atoms with Crippen LogP contribution in [0.1, 0.15) is 31.9 Å². The summed E-state index contributed by atoms with van der Waals surface area (Å²) in [6, 6.07) is 10.2. The number of aromatic nitrogens is 1. The highest BCUT2D eigenvalue weighted by Crippen LogP contribution is 2.12. The van der Waals surface area contributed by atoms with Crippen LogP contribution in [-0.4, -0.2) is 10.1 Å². The first-order chi connectivity index (χ1) is 8.92. The second kappa shape index (κ2) is 5.81. The minimum absolute atomic E-state index is 0.151. The number of halogens is 1. The van der Waals surface area contributed by atoms with Crippen LogP contribution >= 0.6 is 11.6 Å². The summed E-state index contributed by atoms with van der Waals surface area (Å²) >= 11 is 5.89. The SMILES string of the molecule is CC(C)(C)NCc1ccn(Cc2ccc(Cl)cc2)c1. The molecule has 0 unspecified atom stereocenters. The number of hydrogen-bond donors (Lipinski definition) is 1. The van der Waals surface area contributed by atoms with Crippen molar-refractivity contribution in [3.8, 4) is 0 Å². The molecule has 0 aliphatic rings. The first-order valence-corrected chi connectivity index (χ1v) is 6.94. The Hall–Kier alpha value is -1.25. The van der Waals surface area contributed by atoms with E-state index in [9.17, 15) is 0 Å². The molecule has 1 aromatic carbocycles. The van der Waals surface area contributed by atoms with Gasteiger partial charge in [0.05, 0.1) is 0 Å². The molecular formula is C16H21ClN2. The minimum atomic E-state index is 0.151. The van der Waals surface area contributed by atoms with Gasteiger partial charge in [0, 0.05) is 36.0 Å². The van der Waals surface area contributed by atoms with Gasteiger partial charge in [0.1, 0.15) is 0 Å². The fourth-order valence-electron chi connectivity index (χ4n) is 1.86. The molecule has 0 fully saturated rings. The van der Waals surface area contributed by atoms with Gasteiger partial charge in [-0.25, -0.2) is 0 Å².